The lowest BCUT2D eigenvalue weighted by Crippen LogP contribution is -2.40. The maximum atomic E-state index is 12.5. The molecule has 1 aliphatic heterocycles. The van der Waals surface area contributed by atoms with E-state index in [1.54, 1.807) is 17.9 Å². The minimum atomic E-state index is -0.240. The highest BCUT2D eigenvalue weighted by molar-refractivity contribution is 6.38. The summed E-state index contributed by atoms with van der Waals surface area (Å²) >= 11 is 0. The van der Waals surface area contributed by atoms with Gasteiger partial charge < -0.3 is 20.5 Å². The summed E-state index contributed by atoms with van der Waals surface area (Å²) in [5.41, 5.74) is 5.89. The summed E-state index contributed by atoms with van der Waals surface area (Å²) in [4.78, 5) is 25.3. The number of amides is 1. The molecule has 0 aliphatic carbocycles. The molecule has 0 bridgehead atoms. The molecule has 1 aromatic carbocycles. The molecule has 0 radical (unpaired) electrons. The van der Waals surface area contributed by atoms with E-state index in [1.807, 2.05) is 44.4 Å². The Morgan fingerprint density at radius 3 is 2.93 bits per heavy atom. The predicted octanol–water partition coefficient (Wildman–Crippen LogP) is 1.13. The summed E-state index contributed by atoms with van der Waals surface area (Å²) in [7, 11) is 3.44. The molecule has 3 aromatic rings. The second kappa shape index (κ2) is 7.99. The van der Waals surface area contributed by atoms with E-state index in [4.69, 9.17) is 10.2 Å². The topological polar surface area (TPSA) is 132 Å². The average molecular weight is 408 g/mol. The zero-order chi connectivity index (χ0) is 21.3. The van der Waals surface area contributed by atoms with E-state index in [9.17, 15) is 4.79 Å². The van der Waals surface area contributed by atoms with Gasteiger partial charge in [0.1, 0.15) is 5.69 Å². The highest BCUT2D eigenvalue weighted by Crippen LogP contribution is 2.28. The Hall–Kier alpha value is -3.66. The van der Waals surface area contributed by atoms with Crippen LogP contribution in [0.15, 0.2) is 41.7 Å². The van der Waals surface area contributed by atoms with E-state index in [0.717, 1.165) is 22.0 Å². The summed E-state index contributed by atoms with van der Waals surface area (Å²) in [6.45, 7) is 2.39. The smallest absolute Gasteiger partial charge is 0.286 e. The minimum absolute atomic E-state index is 0.0109. The minimum Gasteiger partial charge on any atom is -0.387 e. The van der Waals surface area contributed by atoms with Gasteiger partial charge in [-0.25, -0.2) is 0 Å². The molecule has 5 N–H and O–H groups in total. The van der Waals surface area contributed by atoms with Gasteiger partial charge in [-0.15, -0.1) is 0 Å². The molecule has 2 atom stereocenters. The molecular formula is C20H24N8O2. The number of amidine groups is 1. The third-order valence-corrected chi connectivity index (χ3v) is 4.97. The van der Waals surface area contributed by atoms with Crippen LogP contribution >= 0.6 is 0 Å². The fourth-order valence-electron chi connectivity index (χ4n) is 3.51. The van der Waals surface area contributed by atoms with Crippen molar-refractivity contribution < 1.29 is 9.63 Å². The molecule has 1 amide bonds. The molecule has 156 valence electrons. The summed E-state index contributed by atoms with van der Waals surface area (Å²) < 4.78 is 1.69. The molecule has 0 saturated carbocycles. The van der Waals surface area contributed by atoms with E-state index in [1.165, 1.54) is 0 Å². The van der Waals surface area contributed by atoms with E-state index in [0.29, 0.717) is 18.1 Å². The monoisotopic (exact) mass is 408 g/mol. The van der Waals surface area contributed by atoms with Crippen molar-refractivity contribution in [1.82, 2.24) is 30.9 Å². The average Bonchev–Trinajstić information content (AvgIpc) is 3.43. The van der Waals surface area contributed by atoms with Gasteiger partial charge in [0.05, 0.1) is 18.3 Å². The van der Waals surface area contributed by atoms with Crippen LogP contribution in [-0.4, -0.2) is 45.5 Å². The lowest BCUT2D eigenvalue weighted by molar-refractivity contribution is -0.115. The Bertz CT molecular complexity index is 1130. The fourth-order valence-corrected chi connectivity index (χ4v) is 3.51. The zero-order valence-corrected chi connectivity index (χ0v) is 17.0. The van der Waals surface area contributed by atoms with Crippen LogP contribution in [0.1, 0.15) is 29.8 Å². The van der Waals surface area contributed by atoms with Crippen molar-refractivity contribution >= 4 is 28.5 Å². The quantitative estimate of drug-likeness (QED) is 0.237. The van der Waals surface area contributed by atoms with Crippen LogP contribution < -0.4 is 16.1 Å². The van der Waals surface area contributed by atoms with Gasteiger partial charge in [-0.1, -0.05) is 6.07 Å². The van der Waals surface area contributed by atoms with Crippen molar-refractivity contribution in [3.8, 4) is 0 Å². The third kappa shape index (κ3) is 3.90. The van der Waals surface area contributed by atoms with Crippen molar-refractivity contribution in [1.29, 1.82) is 5.41 Å². The molecule has 1 aliphatic rings. The number of aliphatic imine (C=N–C) groups is 1. The van der Waals surface area contributed by atoms with Gasteiger partial charge in [0.25, 0.3) is 11.8 Å². The first-order valence-electron chi connectivity index (χ1n) is 9.60. The number of aromatic nitrogens is 3. The molecular weight excluding hydrogens is 384 g/mol. The summed E-state index contributed by atoms with van der Waals surface area (Å²) in [6, 6.07) is 7.60. The Morgan fingerprint density at radius 1 is 1.37 bits per heavy atom. The molecule has 0 spiro atoms. The number of aromatic amines is 1. The number of carbonyl (C=O) groups excluding carboxylic acids is 1. The number of H-pyrrole nitrogens is 1. The van der Waals surface area contributed by atoms with E-state index in [2.05, 4.69) is 31.2 Å². The van der Waals surface area contributed by atoms with Crippen LogP contribution in [-0.2, 0) is 23.2 Å². The van der Waals surface area contributed by atoms with Crippen LogP contribution in [0.25, 0.3) is 10.9 Å². The number of nitrogens with one attached hydrogen (secondary N) is 5. The Labute approximate surface area is 173 Å². The SMILES string of the molecule is CNOC(=N)c1cc2cc(C3N=C(C(=O)NCc4cnn(C)c4)NC3C)ccc2[nH]1. The number of carbonyl (C=O) groups is 1. The summed E-state index contributed by atoms with van der Waals surface area (Å²) in [5, 5.41) is 19.0. The number of rotatable bonds is 6. The summed E-state index contributed by atoms with van der Waals surface area (Å²) in [5.74, 6) is 0.100. The van der Waals surface area contributed by atoms with Crippen molar-refractivity contribution in [2.45, 2.75) is 25.6 Å². The standard InChI is InChI=1S/C20H24N8O2/c1-11-17(27-19(25-11)20(29)23-8-12-9-24-28(3)10-12)13-4-5-15-14(6-13)7-16(26-15)18(21)30-22-2/h4-7,9-11,17,21-22,26H,8H2,1-3H3,(H,23,29)(H,25,27). The highest BCUT2D eigenvalue weighted by atomic mass is 16.6. The fraction of sp³-hybridized carbons (Fsp3) is 0.300. The number of nitrogens with zero attached hydrogens (tertiary/aromatic N) is 3. The number of hydrogen-bond acceptors (Lipinski definition) is 7. The molecule has 10 nitrogen and oxygen atoms in total. The Morgan fingerprint density at radius 2 is 2.20 bits per heavy atom. The van der Waals surface area contributed by atoms with Crippen LogP contribution in [0.5, 0.6) is 0 Å². The lowest BCUT2D eigenvalue weighted by atomic mass is 10.0. The third-order valence-electron chi connectivity index (χ3n) is 4.97. The van der Waals surface area contributed by atoms with E-state index >= 15 is 0 Å². The van der Waals surface area contributed by atoms with Gasteiger partial charge >= 0.3 is 0 Å². The van der Waals surface area contributed by atoms with Gasteiger partial charge in [0, 0.05) is 43.3 Å². The first-order valence-corrected chi connectivity index (χ1v) is 9.60. The Kier molecular flexibility index (Phi) is 5.23. The molecule has 30 heavy (non-hydrogen) atoms. The second-order valence-electron chi connectivity index (χ2n) is 7.23. The normalized spacial score (nSPS) is 18.2. The number of hydrogen-bond donors (Lipinski definition) is 5. The lowest BCUT2D eigenvalue weighted by Gasteiger charge is -2.14. The van der Waals surface area contributed by atoms with Crippen LogP contribution in [0.2, 0.25) is 0 Å². The summed E-state index contributed by atoms with van der Waals surface area (Å²) in [6.07, 6.45) is 3.58. The van der Waals surface area contributed by atoms with Crippen LogP contribution in [0.3, 0.4) is 0 Å². The largest absolute Gasteiger partial charge is 0.387 e. The number of fused-ring (bicyclic) bond motifs is 1. The van der Waals surface area contributed by atoms with Crippen molar-refractivity contribution in [2.75, 3.05) is 7.05 Å². The van der Waals surface area contributed by atoms with Crippen molar-refractivity contribution in [3.05, 3.63) is 53.5 Å². The predicted molar refractivity (Wildman–Crippen MR) is 113 cm³/mol. The molecule has 3 heterocycles. The molecule has 0 saturated heterocycles. The van der Waals surface area contributed by atoms with Gasteiger partial charge in [-0.2, -0.15) is 10.6 Å². The number of benzene rings is 1. The van der Waals surface area contributed by atoms with E-state index in [-0.39, 0.29) is 23.9 Å². The van der Waals surface area contributed by atoms with Gasteiger partial charge in [-0.3, -0.25) is 19.9 Å². The van der Waals surface area contributed by atoms with Crippen LogP contribution in [0.4, 0.5) is 0 Å². The molecule has 2 aromatic heterocycles. The second-order valence-corrected chi connectivity index (χ2v) is 7.23. The molecule has 2 unspecified atom stereocenters. The van der Waals surface area contributed by atoms with Crippen LogP contribution in [0, 0.1) is 5.41 Å². The Balaban J connectivity index is 1.49. The molecule has 4 rings (SSSR count). The van der Waals surface area contributed by atoms with Gasteiger partial charge in [0.2, 0.25) is 0 Å². The van der Waals surface area contributed by atoms with Gasteiger partial charge in [0.15, 0.2) is 5.84 Å². The maximum Gasteiger partial charge on any atom is 0.286 e. The first-order chi connectivity index (χ1) is 14.4. The molecule has 10 heteroatoms. The van der Waals surface area contributed by atoms with E-state index < -0.39 is 0 Å². The number of aryl methyl sites for hydroxylation is 1. The maximum absolute atomic E-state index is 12.5. The van der Waals surface area contributed by atoms with Crippen molar-refractivity contribution in [2.24, 2.45) is 12.0 Å². The highest BCUT2D eigenvalue weighted by Gasteiger charge is 2.30. The molecule has 0 fully saturated rings. The van der Waals surface area contributed by atoms with Gasteiger partial charge in [-0.05, 0) is 30.7 Å². The number of hydroxylamine groups is 1. The first kappa shape index (κ1) is 19.6. The van der Waals surface area contributed by atoms with Crippen molar-refractivity contribution in [3.63, 3.8) is 0 Å². The zero-order valence-electron chi connectivity index (χ0n) is 17.0.